The van der Waals surface area contributed by atoms with Crippen LogP contribution in [0.25, 0.3) is 0 Å². The number of rotatable bonds is 2. The highest BCUT2D eigenvalue weighted by Crippen LogP contribution is 2.24. The van der Waals surface area contributed by atoms with Gasteiger partial charge in [0.05, 0.1) is 0 Å². The first kappa shape index (κ1) is 9.72. The summed E-state index contributed by atoms with van der Waals surface area (Å²) in [5.74, 6) is 0. The Labute approximate surface area is 86.3 Å². The highest BCUT2D eigenvalue weighted by molar-refractivity contribution is 5.35. The Morgan fingerprint density at radius 1 is 1.21 bits per heavy atom. The number of nitrogens with two attached hydrogens (primary N) is 1. The third-order valence-electron chi connectivity index (χ3n) is 3.24. The minimum atomic E-state index is 0.224. The quantitative estimate of drug-likeness (QED) is 0.760. The average Bonchev–Trinajstić information content (AvgIpc) is 2.27. The van der Waals surface area contributed by atoms with Crippen LogP contribution in [0.15, 0.2) is 18.2 Å². The monoisotopic (exact) mass is 189 g/mol. The molecule has 76 valence electrons. The summed E-state index contributed by atoms with van der Waals surface area (Å²) in [5, 5.41) is 0. The van der Waals surface area contributed by atoms with E-state index in [0.29, 0.717) is 0 Å². The summed E-state index contributed by atoms with van der Waals surface area (Å²) >= 11 is 0. The Balaban J connectivity index is 2.29. The van der Waals surface area contributed by atoms with E-state index >= 15 is 0 Å². The minimum Gasteiger partial charge on any atom is -0.324 e. The van der Waals surface area contributed by atoms with Gasteiger partial charge in [0.15, 0.2) is 0 Å². The maximum atomic E-state index is 6.03. The molecule has 0 fully saturated rings. The molecular formula is C13H19N. The lowest BCUT2D eigenvalue weighted by molar-refractivity contribution is 0.669. The molecular weight excluding hydrogens is 170 g/mol. The SMILES string of the molecule is CC[C@H](N)c1ccc2c(c1)CCCC2. The minimum absolute atomic E-state index is 0.224. The van der Waals surface area contributed by atoms with Crippen LogP contribution in [0.1, 0.15) is 48.9 Å². The van der Waals surface area contributed by atoms with E-state index in [2.05, 4.69) is 25.1 Å². The van der Waals surface area contributed by atoms with Crippen molar-refractivity contribution < 1.29 is 0 Å². The normalized spacial score (nSPS) is 17.6. The average molecular weight is 189 g/mol. The van der Waals surface area contributed by atoms with Crippen LogP contribution in [0.3, 0.4) is 0 Å². The van der Waals surface area contributed by atoms with Gasteiger partial charge < -0.3 is 5.73 Å². The fraction of sp³-hybridized carbons (Fsp3) is 0.538. The van der Waals surface area contributed by atoms with Crippen molar-refractivity contribution in [1.29, 1.82) is 0 Å². The second-order valence-electron chi connectivity index (χ2n) is 4.25. The second-order valence-corrected chi connectivity index (χ2v) is 4.25. The molecule has 0 saturated heterocycles. The molecule has 0 radical (unpaired) electrons. The first-order chi connectivity index (χ1) is 6.81. The van der Waals surface area contributed by atoms with Crippen molar-refractivity contribution in [2.45, 2.75) is 45.1 Å². The maximum Gasteiger partial charge on any atom is 0.0292 e. The highest BCUT2D eigenvalue weighted by Gasteiger charge is 2.11. The van der Waals surface area contributed by atoms with Gasteiger partial charge >= 0.3 is 0 Å². The van der Waals surface area contributed by atoms with Gasteiger partial charge in [-0.25, -0.2) is 0 Å². The first-order valence-corrected chi connectivity index (χ1v) is 5.68. The summed E-state index contributed by atoms with van der Waals surface area (Å²) in [6.07, 6.45) is 6.24. The van der Waals surface area contributed by atoms with Crippen molar-refractivity contribution in [1.82, 2.24) is 0 Å². The molecule has 0 bridgehead atoms. The number of benzene rings is 1. The molecule has 14 heavy (non-hydrogen) atoms. The summed E-state index contributed by atoms with van der Waals surface area (Å²) in [4.78, 5) is 0. The molecule has 0 saturated carbocycles. The fourth-order valence-corrected chi connectivity index (χ4v) is 2.22. The molecule has 1 aliphatic carbocycles. The van der Waals surface area contributed by atoms with Crippen LogP contribution in [0.4, 0.5) is 0 Å². The van der Waals surface area contributed by atoms with Gasteiger partial charge in [-0.1, -0.05) is 25.1 Å². The molecule has 1 heteroatoms. The maximum absolute atomic E-state index is 6.03. The van der Waals surface area contributed by atoms with Gasteiger partial charge in [0.25, 0.3) is 0 Å². The predicted molar refractivity (Wildman–Crippen MR) is 60.3 cm³/mol. The van der Waals surface area contributed by atoms with E-state index in [4.69, 9.17) is 5.73 Å². The molecule has 0 spiro atoms. The van der Waals surface area contributed by atoms with Crippen LogP contribution in [-0.2, 0) is 12.8 Å². The summed E-state index contributed by atoms with van der Waals surface area (Å²) in [7, 11) is 0. The van der Waals surface area contributed by atoms with Gasteiger partial charge in [0.1, 0.15) is 0 Å². The van der Waals surface area contributed by atoms with Crippen molar-refractivity contribution in [2.24, 2.45) is 5.73 Å². The molecule has 1 atom stereocenters. The third-order valence-corrected chi connectivity index (χ3v) is 3.24. The Morgan fingerprint density at radius 3 is 2.64 bits per heavy atom. The molecule has 1 aromatic carbocycles. The molecule has 1 nitrogen and oxygen atoms in total. The number of aryl methyl sites for hydroxylation is 2. The second kappa shape index (κ2) is 4.14. The van der Waals surface area contributed by atoms with E-state index in [9.17, 15) is 0 Å². The van der Waals surface area contributed by atoms with E-state index in [1.54, 1.807) is 5.56 Å². The zero-order valence-corrected chi connectivity index (χ0v) is 8.92. The van der Waals surface area contributed by atoms with Crippen LogP contribution < -0.4 is 5.73 Å². The van der Waals surface area contributed by atoms with Crippen LogP contribution in [0.5, 0.6) is 0 Å². The zero-order chi connectivity index (χ0) is 9.97. The van der Waals surface area contributed by atoms with Crippen LogP contribution in [-0.4, -0.2) is 0 Å². The Morgan fingerprint density at radius 2 is 1.93 bits per heavy atom. The molecule has 0 amide bonds. The lowest BCUT2D eigenvalue weighted by Crippen LogP contribution is -2.11. The Hall–Kier alpha value is -0.820. The standard InChI is InChI=1S/C13H19N/c1-2-13(14)12-8-7-10-5-3-4-6-11(10)9-12/h7-9,13H,2-6,14H2,1H3/t13-/m0/s1. The molecule has 0 heterocycles. The highest BCUT2D eigenvalue weighted by atomic mass is 14.6. The molecule has 0 unspecified atom stereocenters. The molecule has 2 rings (SSSR count). The zero-order valence-electron chi connectivity index (χ0n) is 8.92. The van der Waals surface area contributed by atoms with Crippen molar-refractivity contribution in [3.8, 4) is 0 Å². The Kier molecular flexibility index (Phi) is 2.87. The van der Waals surface area contributed by atoms with Crippen molar-refractivity contribution in [3.63, 3.8) is 0 Å². The summed E-state index contributed by atoms with van der Waals surface area (Å²) < 4.78 is 0. The summed E-state index contributed by atoms with van der Waals surface area (Å²) in [6, 6.07) is 7.03. The fourth-order valence-electron chi connectivity index (χ4n) is 2.22. The third kappa shape index (κ3) is 1.83. The molecule has 1 aliphatic rings. The van der Waals surface area contributed by atoms with Crippen molar-refractivity contribution in [2.75, 3.05) is 0 Å². The predicted octanol–water partition coefficient (Wildman–Crippen LogP) is 2.98. The van der Waals surface area contributed by atoms with Crippen molar-refractivity contribution >= 4 is 0 Å². The van der Waals surface area contributed by atoms with Crippen LogP contribution in [0.2, 0.25) is 0 Å². The Bertz CT molecular complexity index is 317. The van der Waals surface area contributed by atoms with Gasteiger partial charge in [0.2, 0.25) is 0 Å². The van der Waals surface area contributed by atoms with E-state index in [-0.39, 0.29) is 6.04 Å². The van der Waals surface area contributed by atoms with Gasteiger partial charge in [-0.2, -0.15) is 0 Å². The van der Waals surface area contributed by atoms with E-state index in [0.717, 1.165) is 6.42 Å². The first-order valence-electron chi connectivity index (χ1n) is 5.68. The van der Waals surface area contributed by atoms with E-state index in [1.165, 1.54) is 36.8 Å². The molecule has 2 N–H and O–H groups in total. The number of fused-ring (bicyclic) bond motifs is 1. The topological polar surface area (TPSA) is 26.0 Å². The van der Waals surface area contributed by atoms with Crippen LogP contribution >= 0.6 is 0 Å². The molecule has 0 aromatic heterocycles. The largest absolute Gasteiger partial charge is 0.324 e. The summed E-state index contributed by atoms with van der Waals surface area (Å²) in [6.45, 7) is 2.14. The van der Waals surface area contributed by atoms with Gasteiger partial charge in [-0.05, 0) is 48.8 Å². The molecule has 0 aliphatic heterocycles. The number of hydrogen-bond donors (Lipinski definition) is 1. The smallest absolute Gasteiger partial charge is 0.0292 e. The van der Waals surface area contributed by atoms with Crippen molar-refractivity contribution in [3.05, 3.63) is 34.9 Å². The lowest BCUT2D eigenvalue weighted by atomic mass is 9.89. The summed E-state index contributed by atoms with van der Waals surface area (Å²) in [5.41, 5.74) is 10.4. The van der Waals surface area contributed by atoms with Gasteiger partial charge in [-0.15, -0.1) is 0 Å². The van der Waals surface area contributed by atoms with Gasteiger partial charge in [0, 0.05) is 6.04 Å². The van der Waals surface area contributed by atoms with Crippen LogP contribution in [0, 0.1) is 0 Å². The van der Waals surface area contributed by atoms with Gasteiger partial charge in [-0.3, -0.25) is 0 Å². The lowest BCUT2D eigenvalue weighted by Gasteiger charge is -2.18. The van der Waals surface area contributed by atoms with E-state index < -0.39 is 0 Å². The number of hydrogen-bond acceptors (Lipinski definition) is 1. The van der Waals surface area contributed by atoms with E-state index in [1.807, 2.05) is 0 Å². The molecule has 1 aromatic rings.